The molecule has 0 spiro atoms. The Bertz CT molecular complexity index is 309. The second-order valence-electron chi connectivity index (χ2n) is 8.23. The molecule has 0 atom stereocenters. The van der Waals surface area contributed by atoms with Gasteiger partial charge in [0.15, 0.2) is 0 Å². The smallest absolute Gasteiger partial charge is 0.309 e. The van der Waals surface area contributed by atoms with Crippen LogP contribution in [0, 0.1) is 22.7 Å². The van der Waals surface area contributed by atoms with Crippen LogP contribution in [0.1, 0.15) is 66.7 Å². The number of aliphatic carboxylic acids is 1. The van der Waals surface area contributed by atoms with Crippen LogP contribution in [0.5, 0.6) is 0 Å². The Hall–Kier alpha value is -0.570. The van der Waals surface area contributed by atoms with E-state index >= 15 is 0 Å². The molecule has 0 bridgehead atoms. The van der Waals surface area contributed by atoms with Gasteiger partial charge in [-0.2, -0.15) is 0 Å². The lowest BCUT2D eigenvalue weighted by Gasteiger charge is -2.37. The van der Waals surface area contributed by atoms with Crippen LogP contribution in [0.3, 0.4) is 0 Å². The van der Waals surface area contributed by atoms with Crippen molar-refractivity contribution >= 4 is 5.97 Å². The van der Waals surface area contributed by atoms with E-state index in [1.807, 2.05) is 0 Å². The van der Waals surface area contributed by atoms with E-state index in [1.54, 1.807) is 13.8 Å². The first kappa shape index (κ1) is 17.5. The Labute approximate surface area is 124 Å². The predicted molar refractivity (Wildman–Crippen MR) is 83.8 cm³/mol. The Morgan fingerprint density at radius 2 is 1.65 bits per heavy atom. The molecule has 1 aliphatic rings. The van der Waals surface area contributed by atoms with E-state index in [2.05, 4.69) is 26.1 Å². The first-order valence-corrected chi connectivity index (χ1v) is 8.07. The molecular weight excluding hydrogens is 250 g/mol. The molecular formula is C17H33NO2. The highest BCUT2D eigenvalue weighted by Crippen LogP contribution is 2.39. The van der Waals surface area contributed by atoms with E-state index in [9.17, 15) is 4.79 Å². The SMILES string of the molecule is CC(C)(CCNCC1CCC(C(C)(C)C)CC1)C(=O)O. The fraction of sp³-hybridized carbons (Fsp3) is 0.941. The van der Waals surface area contributed by atoms with E-state index in [0.29, 0.717) is 11.8 Å². The third-order valence-corrected chi connectivity index (χ3v) is 5.01. The summed E-state index contributed by atoms with van der Waals surface area (Å²) in [5.74, 6) is 0.941. The molecule has 118 valence electrons. The van der Waals surface area contributed by atoms with Gasteiger partial charge in [-0.25, -0.2) is 0 Å². The van der Waals surface area contributed by atoms with Crippen LogP contribution in [0.4, 0.5) is 0 Å². The number of nitrogens with one attached hydrogen (secondary N) is 1. The van der Waals surface area contributed by atoms with Crippen molar-refractivity contribution in [2.75, 3.05) is 13.1 Å². The first-order chi connectivity index (χ1) is 9.13. The molecule has 1 fully saturated rings. The van der Waals surface area contributed by atoms with Gasteiger partial charge in [0.05, 0.1) is 5.41 Å². The van der Waals surface area contributed by atoms with Crippen molar-refractivity contribution in [2.24, 2.45) is 22.7 Å². The van der Waals surface area contributed by atoms with Gasteiger partial charge in [-0.3, -0.25) is 4.79 Å². The van der Waals surface area contributed by atoms with Crippen molar-refractivity contribution < 1.29 is 9.90 Å². The fourth-order valence-electron chi connectivity index (χ4n) is 3.05. The van der Waals surface area contributed by atoms with Crippen LogP contribution in [-0.4, -0.2) is 24.2 Å². The second kappa shape index (κ2) is 6.93. The standard InChI is InChI=1S/C17H33NO2/c1-16(2,3)14-8-6-13(7-9-14)12-18-11-10-17(4,5)15(19)20/h13-14,18H,6-12H2,1-5H3,(H,19,20). The lowest BCUT2D eigenvalue weighted by atomic mass is 9.70. The van der Waals surface area contributed by atoms with Gasteiger partial charge in [-0.15, -0.1) is 0 Å². The summed E-state index contributed by atoms with van der Waals surface area (Å²) in [6.07, 6.45) is 6.02. The monoisotopic (exact) mass is 283 g/mol. The summed E-state index contributed by atoms with van der Waals surface area (Å²) in [6.45, 7) is 12.5. The summed E-state index contributed by atoms with van der Waals surface area (Å²) in [5, 5.41) is 12.5. The Balaban J connectivity index is 2.18. The molecule has 0 aromatic carbocycles. The van der Waals surface area contributed by atoms with Crippen LogP contribution in [0.25, 0.3) is 0 Å². The number of carboxylic acid groups (broad SMARTS) is 1. The van der Waals surface area contributed by atoms with Crippen molar-refractivity contribution in [3.63, 3.8) is 0 Å². The van der Waals surface area contributed by atoms with Crippen molar-refractivity contribution in [3.8, 4) is 0 Å². The topological polar surface area (TPSA) is 49.3 Å². The van der Waals surface area contributed by atoms with Crippen molar-refractivity contribution in [3.05, 3.63) is 0 Å². The van der Waals surface area contributed by atoms with Crippen molar-refractivity contribution in [1.29, 1.82) is 0 Å². The molecule has 0 amide bonds. The zero-order valence-corrected chi connectivity index (χ0v) is 14.0. The second-order valence-corrected chi connectivity index (χ2v) is 8.23. The zero-order chi connectivity index (χ0) is 15.4. The average molecular weight is 283 g/mol. The summed E-state index contributed by atoms with van der Waals surface area (Å²) in [5.41, 5.74) is -0.166. The van der Waals surface area contributed by atoms with E-state index in [1.165, 1.54) is 25.7 Å². The van der Waals surface area contributed by atoms with Gasteiger partial charge in [0.1, 0.15) is 0 Å². The summed E-state index contributed by atoms with van der Waals surface area (Å²) in [6, 6.07) is 0. The van der Waals surface area contributed by atoms with Crippen LogP contribution < -0.4 is 5.32 Å². The largest absolute Gasteiger partial charge is 0.481 e. The number of hydrogen-bond acceptors (Lipinski definition) is 2. The summed E-state index contributed by atoms with van der Waals surface area (Å²) in [7, 11) is 0. The molecule has 3 nitrogen and oxygen atoms in total. The molecule has 0 heterocycles. The summed E-state index contributed by atoms with van der Waals surface area (Å²) in [4.78, 5) is 11.0. The maximum atomic E-state index is 11.0. The quantitative estimate of drug-likeness (QED) is 0.726. The third kappa shape index (κ3) is 5.43. The van der Waals surface area contributed by atoms with Gasteiger partial charge in [-0.05, 0) is 76.3 Å². The van der Waals surface area contributed by atoms with Crippen LogP contribution in [0.15, 0.2) is 0 Å². The summed E-state index contributed by atoms with van der Waals surface area (Å²) >= 11 is 0. The molecule has 0 saturated heterocycles. The van der Waals surface area contributed by atoms with E-state index in [4.69, 9.17) is 5.11 Å². The molecule has 0 aromatic heterocycles. The lowest BCUT2D eigenvalue weighted by molar-refractivity contribution is -0.147. The molecule has 0 radical (unpaired) electrons. The van der Waals surface area contributed by atoms with Crippen LogP contribution in [0.2, 0.25) is 0 Å². The average Bonchev–Trinajstić information content (AvgIpc) is 2.34. The zero-order valence-electron chi connectivity index (χ0n) is 14.0. The molecule has 0 aromatic rings. The molecule has 3 heteroatoms. The summed E-state index contributed by atoms with van der Waals surface area (Å²) < 4.78 is 0. The lowest BCUT2D eigenvalue weighted by Crippen LogP contribution is -2.33. The first-order valence-electron chi connectivity index (χ1n) is 8.07. The van der Waals surface area contributed by atoms with E-state index in [0.717, 1.165) is 24.9 Å². The highest BCUT2D eigenvalue weighted by atomic mass is 16.4. The van der Waals surface area contributed by atoms with Gasteiger partial charge in [-0.1, -0.05) is 20.8 Å². The Kier molecular flexibility index (Phi) is 6.06. The van der Waals surface area contributed by atoms with Gasteiger partial charge in [0.2, 0.25) is 0 Å². The van der Waals surface area contributed by atoms with Crippen molar-refractivity contribution in [1.82, 2.24) is 5.32 Å². The Morgan fingerprint density at radius 1 is 1.10 bits per heavy atom. The minimum Gasteiger partial charge on any atom is -0.481 e. The highest BCUT2D eigenvalue weighted by Gasteiger charge is 2.30. The predicted octanol–water partition coefficient (Wildman–Crippen LogP) is 3.93. The van der Waals surface area contributed by atoms with Gasteiger partial charge < -0.3 is 10.4 Å². The minimum absolute atomic E-state index is 0.448. The number of hydrogen-bond donors (Lipinski definition) is 2. The minimum atomic E-state index is -0.704. The molecule has 0 aliphatic heterocycles. The number of rotatable bonds is 6. The molecule has 20 heavy (non-hydrogen) atoms. The number of carboxylic acids is 1. The van der Waals surface area contributed by atoms with E-state index in [-0.39, 0.29) is 0 Å². The third-order valence-electron chi connectivity index (χ3n) is 5.01. The van der Waals surface area contributed by atoms with Gasteiger partial charge in [0, 0.05) is 0 Å². The highest BCUT2D eigenvalue weighted by molar-refractivity contribution is 5.73. The van der Waals surface area contributed by atoms with Crippen LogP contribution >= 0.6 is 0 Å². The molecule has 1 saturated carbocycles. The molecule has 2 N–H and O–H groups in total. The number of carbonyl (C=O) groups is 1. The van der Waals surface area contributed by atoms with Gasteiger partial charge in [0.25, 0.3) is 0 Å². The van der Waals surface area contributed by atoms with Gasteiger partial charge >= 0.3 is 5.97 Å². The van der Waals surface area contributed by atoms with Crippen molar-refractivity contribution in [2.45, 2.75) is 66.7 Å². The molecule has 1 aliphatic carbocycles. The fourth-order valence-corrected chi connectivity index (χ4v) is 3.05. The molecule has 0 unspecified atom stereocenters. The van der Waals surface area contributed by atoms with Crippen LogP contribution in [-0.2, 0) is 4.79 Å². The Morgan fingerprint density at radius 3 is 2.10 bits per heavy atom. The molecule has 1 rings (SSSR count). The van der Waals surface area contributed by atoms with E-state index < -0.39 is 11.4 Å². The maximum Gasteiger partial charge on any atom is 0.309 e. The maximum absolute atomic E-state index is 11.0. The normalized spacial score (nSPS) is 24.6.